The second-order valence-electron chi connectivity index (χ2n) is 8.05. The molecule has 0 radical (unpaired) electrons. The van der Waals surface area contributed by atoms with E-state index in [1.807, 2.05) is 37.3 Å². The van der Waals surface area contributed by atoms with Crippen LogP contribution in [-0.2, 0) is 13.1 Å². The maximum Gasteiger partial charge on any atom is 0.123 e. The Bertz CT molecular complexity index is 1010. The molecule has 1 N–H and O–H groups in total. The lowest BCUT2D eigenvalue weighted by Crippen LogP contribution is -2.52. The van der Waals surface area contributed by atoms with Gasteiger partial charge in [0.2, 0.25) is 0 Å². The van der Waals surface area contributed by atoms with Gasteiger partial charge in [-0.2, -0.15) is 0 Å². The highest BCUT2D eigenvalue weighted by Crippen LogP contribution is 2.24. The van der Waals surface area contributed by atoms with E-state index in [2.05, 4.69) is 15.9 Å². The van der Waals surface area contributed by atoms with Crippen LogP contribution < -0.4 is 4.74 Å². The first kappa shape index (κ1) is 21.7. The molecule has 1 aromatic heterocycles. The predicted molar refractivity (Wildman–Crippen MR) is 120 cm³/mol. The molecule has 0 bridgehead atoms. The molecule has 0 aliphatic carbocycles. The molecule has 0 spiro atoms. The number of hydrogen-bond acceptors (Lipinski definition) is 5. The van der Waals surface area contributed by atoms with Crippen LogP contribution in [0.2, 0.25) is 0 Å². The normalized spacial score (nSPS) is 17.8. The Labute approximate surface area is 183 Å². The second kappa shape index (κ2) is 10.2. The Kier molecular flexibility index (Phi) is 7.12. The molecule has 1 aliphatic heterocycles. The van der Waals surface area contributed by atoms with Crippen LogP contribution in [0.5, 0.6) is 5.75 Å². The van der Waals surface area contributed by atoms with Crippen molar-refractivity contribution in [2.75, 3.05) is 32.8 Å². The quantitative estimate of drug-likeness (QED) is 0.597. The average molecular weight is 424 g/mol. The summed E-state index contributed by atoms with van der Waals surface area (Å²) in [5, 5.41) is 10.5. The predicted octanol–water partition coefficient (Wildman–Crippen LogP) is 3.84. The lowest BCUT2D eigenvalue weighted by atomic mass is 10.1. The standard InChI is InChI=1S/C25H30FN3O2/c1-2-31-25-6-4-3-5-20(25)16-29-13-12-28(18-23(29)11-14-30)17-22-9-7-19-15-21(26)8-10-24(19)27-22/h3-10,15,23,30H,2,11-14,16-18H2,1H3/t23-/m1/s1. The SMILES string of the molecule is CCOc1ccccc1CN1CCN(Cc2ccc3cc(F)ccc3n2)C[C@H]1CCO. The summed E-state index contributed by atoms with van der Waals surface area (Å²) in [6.45, 7) is 7.11. The molecule has 1 aliphatic rings. The number of nitrogens with zero attached hydrogens (tertiary/aromatic N) is 3. The van der Waals surface area contributed by atoms with Gasteiger partial charge in [0.1, 0.15) is 11.6 Å². The lowest BCUT2D eigenvalue weighted by molar-refractivity contribution is 0.0489. The Morgan fingerprint density at radius 2 is 1.97 bits per heavy atom. The van der Waals surface area contributed by atoms with Gasteiger partial charge in [-0.15, -0.1) is 0 Å². The summed E-state index contributed by atoms with van der Waals surface area (Å²) in [4.78, 5) is 9.55. The molecule has 1 saturated heterocycles. The molecule has 0 amide bonds. The van der Waals surface area contributed by atoms with Crippen molar-refractivity contribution in [3.63, 3.8) is 0 Å². The molecule has 2 heterocycles. The Morgan fingerprint density at radius 1 is 1.10 bits per heavy atom. The van der Waals surface area contributed by atoms with E-state index in [-0.39, 0.29) is 18.5 Å². The van der Waals surface area contributed by atoms with E-state index in [0.29, 0.717) is 6.61 Å². The van der Waals surface area contributed by atoms with Crippen molar-refractivity contribution in [2.45, 2.75) is 32.5 Å². The molecule has 1 atom stereocenters. The van der Waals surface area contributed by atoms with Crippen LogP contribution in [0.1, 0.15) is 24.6 Å². The molecule has 2 aromatic carbocycles. The molecule has 1 fully saturated rings. The van der Waals surface area contributed by atoms with Crippen molar-refractivity contribution in [3.8, 4) is 5.75 Å². The molecular weight excluding hydrogens is 393 g/mol. The second-order valence-corrected chi connectivity index (χ2v) is 8.05. The van der Waals surface area contributed by atoms with Crippen molar-refractivity contribution in [3.05, 3.63) is 71.7 Å². The number of benzene rings is 2. The first-order valence-electron chi connectivity index (χ1n) is 11.0. The first-order valence-corrected chi connectivity index (χ1v) is 11.0. The van der Waals surface area contributed by atoms with Crippen LogP contribution in [0, 0.1) is 5.82 Å². The minimum absolute atomic E-state index is 0.169. The van der Waals surface area contributed by atoms with E-state index in [1.165, 1.54) is 17.7 Å². The highest BCUT2D eigenvalue weighted by atomic mass is 19.1. The zero-order valence-electron chi connectivity index (χ0n) is 18.0. The van der Waals surface area contributed by atoms with Crippen LogP contribution >= 0.6 is 0 Å². The maximum absolute atomic E-state index is 13.4. The number of aliphatic hydroxyl groups excluding tert-OH is 1. The number of halogens is 1. The van der Waals surface area contributed by atoms with E-state index in [0.717, 1.165) is 61.5 Å². The van der Waals surface area contributed by atoms with Gasteiger partial charge in [0.15, 0.2) is 0 Å². The summed E-state index contributed by atoms with van der Waals surface area (Å²) in [6, 6.07) is 17.1. The smallest absolute Gasteiger partial charge is 0.123 e. The lowest BCUT2D eigenvalue weighted by Gasteiger charge is -2.41. The average Bonchev–Trinajstić information content (AvgIpc) is 2.77. The Balaban J connectivity index is 1.44. The summed E-state index contributed by atoms with van der Waals surface area (Å²) in [5.41, 5.74) is 2.98. The first-order chi connectivity index (χ1) is 15.2. The number of pyridine rings is 1. The molecule has 0 saturated carbocycles. The van der Waals surface area contributed by atoms with E-state index in [4.69, 9.17) is 9.72 Å². The Morgan fingerprint density at radius 3 is 2.81 bits per heavy atom. The van der Waals surface area contributed by atoms with Gasteiger partial charge in [-0.3, -0.25) is 14.8 Å². The van der Waals surface area contributed by atoms with Crippen molar-refractivity contribution in [2.24, 2.45) is 0 Å². The topological polar surface area (TPSA) is 48.8 Å². The number of ether oxygens (including phenoxy) is 1. The van der Waals surface area contributed by atoms with Crippen LogP contribution in [-0.4, -0.2) is 58.8 Å². The van der Waals surface area contributed by atoms with E-state index >= 15 is 0 Å². The van der Waals surface area contributed by atoms with Crippen LogP contribution in [0.4, 0.5) is 4.39 Å². The summed E-state index contributed by atoms with van der Waals surface area (Å²) in [6.07, 6.45) is 0.734. The van der Waals surface area contributed by atoms with Crippen LogP contribution in [0.25, 0.3) is 10.9 Å². The Hall–Kier alpha value is -2.54. The number of rotatable bonds is 8. The summed E-state index contributed by atoms with van der Waals surface area (Å²) < 4.78 is 19.2. The van der Waals surface area contributed by atoms with Gasteiger partial charge in [-0.1, -0.05) is 24.3 Å². The number of aromatic nitrogens is 1. The molecule has 31 heavy (non-hydrogen) atoms. The summed E-state index contributed by atoms with van der Waals surface area (Å²) in [7, 11) is 0. The fourth-order valence-electron chi connectivity index (χ4n) is 4.34. The largest absolute Gasteiger partial charge is 0.494 e. The molecule has 4 rings (SSSR count). The van der Waals surface area contributed by atoms with Gasteiger partial charge in [0.25, 0.3) is 0 Å². The summed E-state index contributed by atoms with van der Waals surface area (Å²) >= 11 is 0. The molecule has 5 nitrogen and oxygen atoms in total. The van der Waals surface area contributed by atoms with Crippen LogP contribution in [0.3, 0.4) is 0 Å². The molecule has 0 unspecified atom stereocenters. The number of para-hydroxylation sites is 1. The van der Waals surface area contributed by atoms with E-state index in [9.17, 15) is 9.50 Å². The van der Waals surface area contributed by atoms with E-state index in [1.54, 1.807) is 6.07 Å². The number of hydrogen-bond donors (Lipinski definition) is 1. The zero-order chi connectivity index (χ0) is 21.6. The van der Waals surface area contributed by atoms with Gasteiger partial charge in [0.05, 0.1) is 17.8 Å². The molecule has 164 valence electrons. The van der Waals surface area contributed by atoms with Gasteiger partial charge in [0, 0.05) is 56.3 Å². The van der Waals surface area contributed by atoms with Gasteiger partial charge in [-0.25, -0.2) is 4.39 Å². The molecular formula is C25H30FN3O2. The highest BCUT2D eigenvalue weighted by Gasteiger charge is 2.27. The summed E-state index contributed by atoms with van der Waals surface area (Å²) in [5.74, 6) is 0.697. The minimum atomic E-state index is -0.240. The van der Waals surface area contributed by atoms with Crippen molar-refractivity contribution in [1.29, 1.82) is 0 Å². The fourth-order valence-corrected chi connectivity index (χ4v) is 4.34. The molecule has 6 heteroatoms. The monoisotopic (exact) mass is 423 g/mol. The number of piperazine rings is 1. The zero-order valence-corrected chi connectivity index (χ0v) is 18.0. The van der Waals surface area contributed by atoms with Gasteiger partial charge >= 0.3 is 0 Å². The van der Waals surface area contributed by atoms with Crippen molar-refractivity contribution < 1.29 is 14.2 Å². The van der Waals surface area contributed by atoms with Crippen LogP contribution in [0.15, 0.2) is 54.6 Å². The number of fused-ring (bicyclic) bond motifs is 1. The third-order valence-corrected chi connectivity index (χ3v) is 5.89. The maximum atomic E-state index is 13.4. The van der Waals surface area contributed by atoms with Gasteiger partial charge < -0.3 is 9.84 Å². The third-order valence-electron chi connectivity index (χ3n) is 5.89. The third kappa shape index (κ3) is 5.39. The van der Waals surface area contributed by atoms with Crippen molar-refractivity contribution in [1.82, 2.24) is 14.8 Å². The van der Waals surface area contributed by atoms with E-state index < -0.39 is 0 Å². The van der Waals surface area contributed by atoms with Gasteiger partial charge in [-0.05, 0) is 43.7 Å². The van der Waals surface area contributed by atoms with Crippen molar-refractivity contribution >= 4 is 10.9 Å². The molecule has 3 aromatic rings. The minimum Gasteiger partial charge on any atom is -0.494 e. The highest BCUT2D eigenvalue weighted by molar-refractivity contribution is 5.78. The fraction of sp³-hybridized carbons (Fsp3) is 0.400. The number of aliphatic hydroxyl groups is 1.